The van der Waals surface area contributed by atoms with Crippen LogP contribution < -0.4 is 5.43 Å². The lowest BCUT2D eigenvalue weighted by atomic mass is 10.1. The lowest BCUT2D eigenvalue weighted by molar-refractivity contribution is 0.0728. The number of benzene rings is 1. The summed E-state index contributed by atoms with van der Waals surface area (Å²) in [4.78, 5) is 32.3. The zero-order valence-corrected chi connectivity index (χ0v) is 15.1. The van der Waals surface area contributed by atoms with E-state index < -0.39 is 0 Å². The standard InChI is InChI=1S/C19H21N5O2/c1-11-6-7-15-13(9-11)17(25)14(10-23(15)3)19(26)24-8-4-5-16(24)18-20-12(2)21-22-18/h6-7,9-10,16H,4-5,8H2,1-3H3,(H,20,21,22). The Hall–Kier alpha value is -2.96. The second-order valence-electron chi connectivity index (χ2n) is 6.94. The molecule has 3 aromatic rings. The van der Waals surface area contributed by atoms with Gasteiger partial charge in [-0.3, -0.25) is 14.7 Å². The first-order chi connectivity index (χ1) is 12.5. The molecule has 3 heterocycles. The van der Waals surface area contributed by atoms with Crippen LogP contribution in [-0.4, -0.2) is 37.1 Å². The Kier molecular flexibility index (Phi) is 3.86. The number of likely N-dealkylation sites (tertiary alicyclic amines) is 1. The molecule has 1 aliphatic heterocycles. The molecule has 0 radical (unpaired) electrons. The number of pyridine rings is 1. The van der Waals surface area contributed by atoms with Crippen molar-refractivity contribution in [2.45, 2.75) is 32.7 Å². The van der Waals surface area contributed by atoms with Gasteiger partial charge < -0.3 is 9.47 Å². The minimum atomic E-state index is -0.251. The molecule has 1 amide bonds. The van der Waals surface area contributed by atoms with Crippen molar-refractivity contribution < 1.29 is 4.79 Å². The van der Waals surface area contributed by atoms with Crippen molar-refractivity contribution in [3.63, 3.8) is 0 Å². The van der Waals surface area contributed by atoms with Gasteiger partial charge in [-0.15, -0.1) is 0 Å². The number of amides is 1. The summed E-state index contributed by atoms with van der Waals surface area (Å²) in [5, 5.41) is 7.62. The smallest absolute Gasteiger partial charge is 0.259 e. The highest BCUT2D eigenvalue weighted by Gasteiger charge is 2.34. The molecule has 26 heavy (non-hydrogen) atoms. The largest absolute Gasteiger partial charge is 0.350 e. The number of carbonyl (C=O) groups excluding carboxylic acids is 1. The van der Waals surface area contributed by atoms with Crippen LogP contribution in [0, 0.1) is 13.8 Å². The van der Waals surface area contributed by atoms with E-state index in [9.17, 15) is 9.59 Å². The maximum absolute atomic E-state index is 13.2. The van der Waals surface area contributed by atoms with E-state index in [0.717, 1.165) is 29.7 Å². The molecule has 7 heteroatoms. The molecule has 1 saturated heterocycles. The first-order valence-electron chi connectivity index (χ1n) is 8.75. The summed E-state index contributed by atoms with van der Waals surface area (Å²) in [5.41, 5.74) is 1.79. The average Bonchev–Trinajstić information content (AvgIpc) is 3.26. The third-order valence-corrected chi connectivity index (χ3v) is 5.00. The molecule has 0 saturated carbocycles. The van der Waals surface area contributed by atoms with Crippen LogP contribution in [0.3, 0.4) is 0 Å². The molecule has 2 aromatic heterocycles. The van der Waals surface area contributed by atoms with Gasteiger partial charge in [0.05, 0.1) is 11.6 Å². The highest BCUT2D eigenvalue weighted by atomic mass is 16.2. The van der Waals surface area contributed by atoms with Gasteiger partial charge in [-0.1, -0.05) is 11.6 Å². The Morgan fingerprint density at radius 2 is 2.12 bits per heavy atom. The molecule has 1 aromatic carbocycles. The number of H-pyrrole nitrogens is 1. The maximum Gasteiger partial charge on any atom is 0.259 e. The number of hydrogen-bond acceptors (Lipinski definition) is 4. The Morgan fingerprint density at radius 3 is 2.85 bits per heavy atom. The van der Waals surface area contributed by atoms with Crippen LogP contribution >= 0.6 is 0 Å². The normalized spacial score (nSPS) is 17.2. The van der Waals surface area contributed by atoms with Crippen molar-refractivity contribution >= 4 is 16.8 Å². The van der Waals surface area contributed by atoms with Gasteiger partial charge in [-0.2, -0.15) is 5.10 Å². The molecular formula is C19H21N5O2. The monoisotopic (exact) mass is 351 g/mol. The van der Waals surface area contributed by atoms with Gasteiger partial charge in [0.25, 0.3) is 5.91 Å². The summed E-state index contributed by atoms with van der Waals surface area (Å²) in [6.45, 7) is 4.38. The predicted molar refractivity (Wildman–Crippen MR) is 98.1 cm³/mol. The van der Waals surface area contributed by atoms with E-state index in [1.54, 1.807) is 11.1 Å². The third kappa shape index (κ3) is 2.60. The molecule has 0 bridgehead atoms. The van der Waals surface area contributed by atoms with Crippen molar-refractivity contribution in [1.82, 2.24) is 24.6 Å². The topological polar surface area (TPSA) is 83.9 Å². The summed E-state index contributed by atoms with van der Waals surface area (Å²) < 4.78 is 1.84. The first-order valence-corrected chi connectivity index (χ1v) is 8.75. The van der Waals surface area contributed by atoms with Gasteiger partial charge in [-0.25, -0.2) is 4.98 Å². The number of aromatic amines is 1. The summed E-state index contributed by atoms with van der Waals surface area (Å²) in [7, 11) is 1.86. The van der Waals surface area contributed by atoms with Gasteiger partial charge in [0.1, 0.15) is 11.4 Å². The zero-order valence-electron chi connectivity index (χ0n) is 15.1. The predicted octanol–water partition coefficient (Wildman–Crippen LogP) is 2.25. The number of nitrogens with one attached hydrogen (secondary N) is 1. The molecule has 0 aliphatic carbocycles. The number of aryl methyl sites for hydroxylation is 3. The van der Waals surface area contributed by atoms with Crippen molar-refractivity contribution in [2.24, 2.45) is 7.05 Å². The van der Waals surface area contributed by atoms with Crippen molar-refractivity contribution in [3.05, 3.63) is 57.4 Å². The first kappa shape index (κ1) is 16.5. The minimum absolute atomic E-state index is 0.189. The van der Waals surface area contributed by atoms with Crippen molar-refractivity contribution in [2.75, 3.05) is 6.54 Å². The molecule has 0 spiro atoms. The van der Waals surface area contributed by atoms with E-state index in [2.05, 4.69) is 15.2 Å². The van der Waals surface area contributed by atoms with E-state index in [1.807, 2.05) is 43.7 Å². The lowest BCUT2D eigenvalue weighted by Gasteiger charge is -2.23. The highest BCUT2D eigenvalue weighted by molar-refractivity contribution is 5.97. The van der Waals surface area contributed by atoms with Crippen molar-refractivity contribution in [3.8, 4) is 0 Å². The molecule has 1 atom stereocenters. The second-order valence-corrected chi connectivity index (χ2v) is 6.94. The molecular weight excluding hydrogens is 330 g/mol. The second kappa shape index (κ2) is 6.09. The molecule has 1 aliphatic rings. The van der Waals surface area contributed by atoms with E-state index in [4.69, 9.17) is 0 Å². The van der Waals surface area contributed by atoms with E-state index in [-0.39, 0.29) is 22.9 Å². The van der Waals surface area contributed by atoms with Crippen LogP contribution in [0.25, 0.3) is 10.9 Å². The van der Waals surface area contributed by atoms with Crippen LogP contribution in [0.15, 0.2) is 29.2 Å². The van der Waals surface area contributed by atoms with E-state index in [0.29, 0.717) is 17.8 Å². The third-order valence-electron chi connectivity index (χ3n) is 5.00. The number of nitrogens with zero attached hydrogens (tertiary/aromatic N) is 4. The minimum Gasteiger partial charge on any atom is -0.350 e. The molecule has 7 nitrogen and oxygen atoms in total. The average molecular weight is 351 g/mol. The van der Waals surface area contributed by atoms with Gasteiger partial charge in [-0.05, 0) is 38.8 Å². The van der Waals surface area contributed by atoms with Crippen LogP contribution in [0.1, 0.15) is 46.5 Å². The Bertz CT molecular complexity index is 1070. The fraction of sp³-hybridized carbons (Fsp3) is 0.368. The SMILES string of the molecule is Cc1ccc2c(c1)c(=O)c(C(=O)N1CCCC1c1n[nH]c(C)n1)cn2C. The van der Waals surface area contributed by atoms with E-state index >= 15 is 0 Å². The summed E-state index contributed by atoms with van der Waals surface area (Å²) in [6, 6.07) is 5.53. The zero-order chi connectivity index (χ0) is 18.4. The van der Waals surface area contributed by atoms with Gasteiger partial charge >= 0.3 is 0 Å². The molecule has 4 rings (SSSR count). The molecule has 1 N–H and O–H groups in total. The number of fused-ring (bicyclic) bond motifs is 1. The lowest BCUT2D eigenvalue weighted by Crippen LogP contribution is -2.35. The quantitative estimate of drug-likeness (QED) is 0.767. The maximum atomic E-state index is 13.2. The Labute approximate surface area is 150 Å². The number of rotatable bonds is 2. The van der Waals surface area contributed by atoms with Crippen molar-refractivity contribution in [1.29, 1.82) is 0 Å². The summed E-state index contributed by atoms with van der Waals surface area (Å²) >= 11 is 0. The number of aromatic nitrogens is 4. The Balaban J connectivity index is 1.78. The van der Waals surface area contributed by atoms with Crippen LogP contribution in [-0.2, 0) is 7.05 Å². The summed E-state index contributed by atoms with van der Waals surface area (Å²) in [6.07, 6.45) is 3.31. The van der Waals surface area contributed by atoms with Gasteiger partial charge in [0.2, 0.25) is 5.43 Å². The highest BCUT2D eigenvalue weighted by Crippen LogP contribution is 2.31. The van der Waals surface area contributed by atoms with Crippen LogP contribution in [0.5, 0.6) is 0 Å². The summed E-state index contributed by atoms with van der Waals surface area (Å²) in [5.74, 6) is 1.08. The van der Waals surface area contributed by atoms with E-state index in [1.165, 1.54) is 0 Å². The fourth-order valence-electron chi connectivity index (χ4n) is 3.70. The fourth-order valence-corrected chi connectivity index (χ4v) is 3.70. The number of hydrogen-bond donors (Lipinski definition) is 1. The number of carbonyl (C=O) groups is 1. The Morgan fingerprint density at radius 1 is 1.31 bits per heavy atom. The van der Waals surface area contributed by atoms with Crippen LogP contribution in [0.4, 0.5) is 0 Å². The van der Waals surface area contributed by atoms with Gasteiger partial charge in [0.15, 0.2) is 5.82 Å². The molecule has 134 valence electrons. The van der Waals surface area contributed by atoms with Gasteiger partial charge in [0, 0.05) is 25.2 Å². The molecule has 1 unspecified atom stereocenters. The van der Waals surface area contributed by atoms with Crippen LogP contribution in [0.2, 0.25) is 0 Å². The molecule has 1 fully saturated rings.